The predicted molar refractivity (Wildman–Crippen MR) is 40.7 cm³/mol. The van der Waals surface area contributed by atoms with E-state index in [1.807, 2.05) is 19.3 Å². The minimum Gasteiger partial charge on any atom is -0.134 e. The summed E-state index contributed by atoms with van der Waals surface area (Å²) in [7, 11) is 0. The largest absolute Gasteiger partial charge is 0.134 e. The molecule has 0 aliphatic heterocycles. The Morgan fingerprint density at radius 3 is 2.62 bits per heavy atom. The molecule has 8 heavy (non-hydrogen) atoms. The Kier molecular flexibility index (Phi) is 4.59. The van der Waals surface area contributed by atoms with Gasteiger partial charge in [0, 0.05) is 0 Å². The van der Waals surface area contributed by atoms with Crippen molar-refractivity contribution in [2.75, 3.05) is 6.26 Å². The van der Waals surface area contributed by atoms with Crippen molar-refractivity contribution in [3.63, 3.8) is 0 Å². The summed E-state index contributed by atoms with van der Waals surface area (Å²) in [5.74, 6) is 5.66. The molecule has 0 saturated carbocycles. The molecule has 0 bridgehead atoms. The molecule has 0 atom stereocenters. The normalized spacial score (nSPS) is 10.1. The Hall–Kier alpha value is -0.350. The summed E-state index contributed by atoms with van der Waals surface area (Å²) in [6.07, 6.45) is 3.97. The summed E-state index contributed by atoms with van der Waals surface area (Å²) in [5, 5.41) is 0. The molecule has 0 heterocycles. The maximum Gasteiger partial charge on any atom is -0.00235 e. The molecule has 0 unspecified atom stereocenters. The van der Waals surface area contributed by atoms with Gasteiger partial charge in [-0.05, 0) is 31.1 Å². The van der Waals surface area contributed by atoms with Crippen LogP contribution in [0.2, 0.25) is 0 Å². The van der Waals surface area contributed by atoms with Gasteiger partial charge in [0.25, 0.3) is 0 Å². The van der Waals surface area contributed by atoms with E-state index in [9.17, 15) is 0 Å². The molecule has 0 aromatic carbocycles. The summed E-state index contributed by atoms with van der Waals surface area (Å²) >= 11 is 1.72. The second kappa shape index (κ2) is 4.80. The van der Waals surface area contributed by atoms with Gasteiger partial charge in [0.05, 0.1) is 0 Å². The van der Waals surface area contributed by atoms with E-state index in [4.69, 9.17) is 0 Å². The predicted octanol–water partition coefficient (Wildman–Crippen LogP) is 2.28. The smallest absolute Gasteiger partial charge is 0.00235 e. The van der Waals surface area contributed by atoms with Crippen molar-refractivity contribution in [2.24, 2.45) is 0 Å². The van der Waals surface area contributed by atoms with Crippen LogP contribution in [0, 0.1) is 11.8 Å². The second-order valence-electron chi connectivity index (χ2n) is 1.35. The number of thioether (sulfide) groups is 1. The minimum atomic E-state index is 1.26. The van der Waals surface area contributed by atoms with Crippen molar-refractivity contribution in [3.05, 3.63) is 11.0 Å². The maximum atomic E-state index is 2.87. The Bertz CT molecular complexity index is 134. The lowest BCUT2D eigenvalue weighted by molar-refractivity contribution is 1.69. The minimum absolute atomic E-state index is 1.26. The van der Waals surface area contributed by atoms with E-state index in [1.54, 1.807) is 11.8 Å². The molecule has 44 valence electrons. The molecular weight excluding hydrogens is 116 g/mol. The van der Waals surface area contributed by atoms with Gasteiger partial charge in [0.15, 0.2) is 0 Å². The third kappa shape index (κ3) is 3.83. The summed E-state index contributed by atoms with van der Waals surface area (Å²) in [6, 6.07) is 0. The summed E-state index contributed by atoms with van der Waals surface area (Å²) < 4.78 is 0. The van der Waals surface area contributed by atoms with E-state index < -0.39 is 0 Å². The van der Waals surface area contributed by atoms with E-state index in [-0.39, 0.29) is 0 Å². The van der Waals surface area contributed by atoms with Crippen molar-refractivity contribution < 1.29 is 0 Å². The Labute approximate surface area is 55.4 Å². The van der Waals surface area contributed by atoms with Gasteiger partial charge in [-0.2, -0.15) is 0 Å². The first kappa shape index (κ1) is 7.65. The molecule has 0 rings (SSSR count). The van der Waals surface area contributed by atoms with Crippen LogP contribution < -0.4 is 0 Å². The third-order valence-corrected chi connectivity index (χ3v) is 1.50. The van der Waals surface area contributed by atoms with Crippen molar-refractivity contribution in [1.29, 1.82) is 0 Å². The van der Waals surface area contributed by atoms with Crippen LogP contribution in [0.4, 0.5) is 0 Å². The molecule has 0 spiro atoms. The molecular formula is C7H10S. The molecule has 0 saturated heterocycles. The van der Waals surface area contributed by atoms with E-state index >= 15 is 0 Å². The maximum absolute atomic E-state index is 2.87. The van der Waals surface area contributed by atoms with Crippen molar-refractivity contribution in [3.8, 4) is 11.8 Å². The van der Waals surface area contributed by atoms with Crippen LogP contribution in [0.3, 0.4) is 0 Å². The standard InChI is InChI=1S/C7H10S/c1-4-5-6-7(2)8-3/h6H,1-3H3. The fourth-order valence-corrected chi connectivity index (χ4v) is 0.410. The van der Waals surface area contributed by atoms with E-state index in [0.717, 1.165) is 0 Å². The number of hydrogen-bond acceptors (Lipinski definition) is 1. The quantitative estimate of drug-likeness (QED) is 0.486. The topological polar surface area (TPSA) is 0 Å². The molecule has 0 fully saturated rings. The van der Waals surface area contributed by atoms with Gasteiger partial charge in [-0.3, -0.25) is 0 Å². The summed E-state index contributed by atoms with van der Waals surface area (Å²) in [4.78, 5) is 1.26. The average molecular weight is 126 g/mol. The van der Waals surface area contributed by atoms with Crippen LogP contribution in [-0.4, -0.2) is 6.26 Å². The van der Waals surface area contributed by atoms with Crippen molar-refractivity contribution >= 4 is 11.8 Å². The zero-order chi connectivity index (χ0) is 6.41. The lowest BCUT2D eigenvalue weighted by Gasteiger charge is -1.84. The highest BCUT2D eigenvalue weighted by Gasteiger charge is 1.76. The highest BCUT2D eigenvalue weighted by molar-refractivity contribution is 8.02. The number of hydrogen-bond donors (Lipinski definition) is 0. The summed E-state index contributed by atoms with van der Waals surface area (Å²) in [6.45, 7) is 3.89. The first-order valence-electron chi connectivity index (χ1n) is 2.44. The van der Waals surface area contributed by atoms with Gasteiger partial charge >= 0.3 is 0 Å². The van der Waals surface area contributed by atoms with Crippen LogP contribution >= 0.6 is 11.8 Å². The van der Waals surface area contributed by atoms with Crippen molar-refractivity contribution in [2.45, 2.75) is 13.8 Å². The number of rotatable bonds is 1. The van der Waals surface area contributed by atoms with Gasteiger partial charge in [0.1, 0.15) is 0 Å². The first-order valence-corrected chi connectivity index (χ1v) is 3.66. The lowest BCUT2D eigenvalue weighted by Crippen LogP contribution is -1.59. The van der Waals surface area contributed by atoms with Crippen LogP contribution in [0.5, 0.6) is 0 Å². The van der Waals surface area contributed by atoms with Crippen molar-refractivity contribution in [1.82, 2.24) is 0 Å². The van der Waals surface area contributed by atoms with Crippen LogP contribution in [0.25, 0.3) is 0 Å². The Morgan fingerprint density at radius 1 is 1.62 bits per heavy atom. The van der Waals surface area contributed by atoms with E-state index in [2.05, 4.69) is 18.8 Å². The van der Waals surface area contributed by atoms with Gasteiger partial charge in [-0.25, -0.2) is 0 Å². The first-order chi connectivity index (χ1) is 3.81. The third-order valence-electron chi connectivity index (χ3n) is 0.742. The highest BCUT2D eigenvalue weighted by Crippen LogP contribution is 2.07. The van der Waals surface area contributed by atoms with Gasteiger partial charge in [0.2, 0.25) is 0 Å². The molecule has 0 aliphatic carbocycles. The van der Waals surface area contributed by atoms with Crippen LogP contribution in [-0.2, 0) is 0 Å². The Morgan fingerprint density at radius 2 is 2.25 bits per heavy atom. The SMILES string of the molecule is CC#CC=C(C)SC. The highest BCUT2D eigenvalue weighted by atomic mass is 32.2. The molecule has 0 aromatic rings. The lowest BCUT2D eigenvalue weighted by atomic mass is 10.5. The molecule has 0 radical (unpaired) electrons. The molecule has 0 amide bonds. The fraction of sp³-hybridized carbons (Fsp3) is 0.429. The monoisotopic (exact) mass is 126 g/mol. The van der Waals surface area contributed by atoms with Gasteiger partial charge in [-0.15, -0.1) is 17.7 Å². The summed E-state index contributed by atoms with van der Waals surface area (Å²) in [5.41, 5.74) is 0. The van der Waals surface area contributed by atoms with Gasteiger partial charge < -0.3 is 0 Å². The average Bonchev–Trinajstić information content (AvgIpc) is 1.83. The van der Waals surface area contributed by atoms with E-state index in [0.29, 0.717) is 0 Å². The van der Waals surface area contributed by atoms with Gasteiger partial charge in [-0.1, -0.05) is 5.92 Å². The van der Waals surface area contributed by atoms with E-state index in [1.165, 1.54) is 4.91 Å². The fourth-order valence-electron chi connectivity index (χ4n) is 0.233. The molecule has 0 aromatic heterocycles. The molecule has 0 nitrogen and oxygen atoms in total. The van der Waals surface area contributed by atoms with Crippen LogP contribution in [0.1, 0.15) is 13.8 Å². The molecule has 1 heteroatoms. The Balaban J connectivity index is 3.69. The second-order valence-corrected chi connectivity index (χ2v) is 2.41. The molecule has 0 N–H and O–H groups in total. The molecule has 0 aliphatic rings. The number of allylic oxidation sites excluding steroid dienone is 2. The van der Waals surface area contributed by atoms with Crippen LogP contribution in [0.15, 0.2) is 11.0 Å². The zero-order valence-corrected chi connectivity index (χ0v) is 6.30. The zero-order valence-electron chi connectivity index (χ0n) is 5.49.